The number of halogens is 2. The van der Waals surface area contributed by atoms with Crippen LogP contribution in [-0.4, -0.2) is 28.6 Å². The number of hydrogen-bond acceptors (Lipinski definition) is 3. The lowest BCUT2D eigenvalue weighted by Gasteiger charge is -2.15. The summed E-state index contributed by atoms with van der Waals surface area (Å²) in [6.07, 6.45) is 1.23. The minimum Gasteiger partial charge on any atom is -0.396 e. The fourth-order valence-corrected chi connectivity index (χ4v) is 1.70. The number of aliphatic hydroxyl groups excluding tert-OH is 1. The highest BCUT2D eigenvalue weighted by Crippen LogP contribution is 2.17. The summed E-state index contributed by atoms with van der Waals surface area (Å²) in [5.74, 6) is -0.377. The van der Waals surface area contributed by atoms with Crippen molar-refractivity contribution in [3.05, 3.63) is 28.0 Å². The van der Waals surface area contributed by atoms with Crippen LogP contribution >= 0.6 is 23.2 Å². The van der Waals surface area contributed by atoms with E-state index in [0.29, 0.717) is 6.42 Å². The van der Waals surface area contributed by atoms with E-state index in [1.807, 2.05) is 6.92 Å². The van der Waals surface area contributed by atoms with Crippen molar-refractivity contribution >= 4 is 29.1 Å². The van der Waals surface area contributed by atoms with Gasteiger partial charge in [0.1, 0.15) is 10.8 Å². The zero-order chi connectivity index (χ0) is 12.8. The second kappa shape index (κ2) is 6.79. The third-order valence-electron chi connectivity index (χ3n) is 2.33. The van der Waals surface area contributed by atoms with Crippen molar-refractivity contribution < 1.29 is 9.90 Å². The predicted octanol–water partition coefficient (Wildman–Crippen LogP) is 2.28. The van der Waals surface area contributed by atoms with E-state index in [9.17, 15) is 4.79 Å². The number of amides is 1. The van der Waals surface area contributed by atoms with Crippen LogP contribution in [0.1, 0.15) is 30.3 Å². The number of aliphatic hydroxyl groups is 1. The Morgan fingerprint density at radius 3 is 2.82 bits per heavy atom. The number of carbonyl (C=O) groups excluding carboxylic acids is 1. The van der Waals surface area contributed by atoms with Gasteiger partial charge in [0.05, 0.1) is 5.02 Å². The molecular formula is C11H14Cl2N2O2. The van der Waals surface area contributed by atoms with Crippen LogP contribution in [0.5, 0.6) is 0 Å². The Bertz CT molecular complexity index is 399. The van der Waals surface area contributed by atoms with Gasteiger partial charge in [-0.05, 0) is 25.0 Å². The molecule has 1 atom stereocenters. The highest BCUT2D eigenvalue weighted by Gasteiger charge is 2.16. The first-order valence-electron chi connectivity index (χ1n) is 5.32. The topological polar surface area (TPSA) is 62.2 Å². The molecule has 0 saturated heterocycles. The summed E-state index contributed by atoms with van der Waals surface area (Å²) in [6, 6.07) is 2.95. The highest BCUT2D eigenvalue weighted by atomic mass is 35.5. The maximum absolute atomic E-state index is 11.9. The van der Waals surface area contributed by atoms with Gasteiger partial charge in [-0.3, -0.25) is 4.79 Å². The van der Waals surface area contributed by atoms with E-state index in [2.05, 4.69) is 10.3 Å². The second-order valence-electron chi connectivity index (χ2n) is 3.56. The van der Waals surface area contributed by atoms with Crippen LogP contribution in [0.15, 0.2) is 12.1 Å². The van der Waals surface area contributed by atoms with E-state index >= 15 is 0 Å². The second-order valence-corrected chi connectivity index (χ2v) is 4.35. The molecule has 0 radical (unpaired) electrons. The summed E-state index contributed by atoms with van der Waals surface area (Å²) in [6.45, 7) is 1.95. The summed E-state index contributed by atoms with van der Waals surface area (Å²) in [7, 11) is 0. The Morgan fingerprint density at radius 1 is 1.53 bits per heavy atom. The Hall–Kier alpha value is -0.840. The molecule has 1 amide bonds. The Morgan fingerprint density at radius 2 is 2.24 bits per heavy atom. The standard InChI is InChI=1S/C11H14Cl2N2O2/c1-2-7(5-6-16)14-11(17)10-8(12)3-4-9(13)15-10/h3-4,7,16H,2,5-6H2,1H3,(H,14,17). The molecule has 0 aromatic carbocycles. The molecule has 1 rings (SSSR count). The molecule has 2 N–H and O–H groups in total. The number of hydrogen-bond donors (Lipinski definition) is 2. The zero-order valence-electron chi connectivity index (χ0n) is 9.41. The molecule has 1 heterocycles. The van der Waals surface area contributed by atoms with Crippen molar-refractivity contribution in [1.29, 1.82) is 0 Å². The van der Waals surface area contributed by atoms with Crippen molar-refractivity contribution in [2.24, 2.45) is 0 Å². The van der Waals surface area contributed by atoms with Gasteiger partial charge < -0.3 is 10.4 Å². The first-order valence-corrected chi connectivity index (χ1v) is 6.07. The number of aromatic nitrogens is 1. The quantitative estimate of drug-likeness (QED) is 0.812. The number of carbonyl (C=O) groups is 1. The average Bonchev–Trinajstić information content (AvgIpc) is 2.31. The maximum Gasteiger partial charge on any atom is 0.271 e. The van der Waals surface area contributed by atoms with Gasteiger partial charge in [-0.15, -0.1) is 0 Å². The van der Waals surface area contributed by atoms with Crippen LogP contribution in [0, 0.1) is 0 Å². The molecule has 94 valence electrons. The van der Waals surface area contributed by atoms with Gasteiger partial charge in [0.25, 0.3) is 5.91 Å². The van der Waals surface area contributed by atoms with E-state index in [1.54, 1.807) is 0 Å². The molecule has 0 saturated carbocycles. The minimum atomic E-state index is -0.377. The number of pyridine rings is 1. The van der Waals surface area contributed by atoms with Crippen molar-refractivity contribution in [2.75, 3.05) is 6.61 Å². The molecule has 6 heteroatoms. The van der Waals surface area contributed by atoms with Crippen molar-refractivity contribution in [3.63, 3.8) is 0 Å². The smallest absolute Gasteiger partial charge is 0.271 e. The highest BCUT2D eigenvalue weighted by molar-refractivity contribution is 6.34. The molecule has 0 fully saturated rings. The van der Waals surface area contributed by atoms with Crippen LogP contribution < -0.4 is 5.32 Å². The van der Waals surface area contributed by atoms with Crippen LogP contribution in [-0.2, 0) is 0 Å². The van der Waals surface area contributed by atoms with Gasteiger partial charge >= 0.3 is 0 Å². The van der Waals surface area contributed by atoms with E-state index < -0.39 is 0 Å². The molecule has 1 aromatic rings. The molecule has 17 heavy (non-hydrogen) atoms. The van der Waals surface area contributed by atoms with Gasteiger partial charge in [0, 0.05) is 12.6 Å². The lowest BCUT2D eigenvalue weighted by Crippen LogP contribution is -2.35. The Balaban J connectivity index is 2.78. The van der Waals surface area contributed by atoms with E-state index in [4.69, 9.17) is 28.3 Å². The van der Waals surface area contributed by atoms with Crippen molar-refractivity contribution in [1.82, 2.24) is 10.3 Å². The number of rotatable bonds is 5. The lowest BCUT2D eigenvalue weighted by atomic mass is 10.1. The van der Waals surface area contributed by atoms with Crippen molar-refractivity contribution in [3.8, 4) is 0 Å². The fourth-order valence-electron chi connectivity index (χ4n) is 1.37. The zero-order valence-corrected chi connectivity index (χ0v) is 10.9. The van der Waals surface area contributed by atoms with Crippen LogP contribution in [0.3, 0.4) is 0 Å². The lowest BCUT2D eigenvalue weighted by molar-refractivity contribution is 0.0924. The van der Waals surface area contributed by atoms with Gasteiger partial charge in [0.15, 0.2) is 0 Å². The summed E-state index contributed by atoms with van der Waals surface area (Å²) < 4.78 is 0. The normalized spacial score (nSPS) is 12.2. The largest absolute Gasteiger partial charge is 0.396 e. The van der Waals surface area contributed by atoms with Gasteiger partial charge in [0.2, 0.25) is 0 Å². The summed E-state index contributed by atoms with van der Waals surface area (Å²) in [5.41, 5.74) is 0.107. The molecule has 4 nitrogen and oxygen atoms in total. The molecule has 0 aliphatic carbocycles. The Labute approximate surface area is 110 Å². The summed E-state index contributed by atoms with van der Waals surface area (Å²) in [4.78, 5) is 15.7. The SMILES string of the molecule is CCC(CCO)NC(=O)c1nc(Cl)ccc1Cl. The van der Waals surface area contributed by atoms with Crippen LogP contribution in [0.4, 0.5) is 0 Å². The first kappa shape index (κ1) is 14.2. The third-order valence-corrected chi connectivity index (χ3v) is 2.85. The molecule has 0 aliphatic heterocycles. The van der Waals surface area contributed by atoms with Gasteiger partial charge in [-0.25, -0.2) is 4.98 Å². The number of nitrogens with one attached hydrogen (secondary N) is 1. The maximum atomic E-state index is 11.9. The fraction of sp³-hybridized carbons (Fsp3) is 0.455. The van der Waals surface area contributed by atoms with Crippen LogP contribution in [0.2, 0.25) is 10.2 Å². The predicted molar refractivity (Wildman–Crippen MR) is 67.5 cm³/mol. The van der Waals surface area contributed by atoms with E-state index in [1.165, 1.54) is 12.1 Å². The molecule has 0 spiro atoms. The molecule has 0 aliphatic rings. The molecule has 0 bridgehead atoms. The monoisotopic (exact) mass is 276 g/mol. The van der Waals surface area contributed by atoms with Gasteiger partial charge in [-0.1, -0.05) is 30.1 Å². The molecular weight excluding hydrogens is 263 g/mol. The number of nitrogens with zero attached hydrogens (tertiary/aromatic N) is 1. The average molecular weight is 277 g/mol. The van der Waals surface area contributed by atoms with Crippen molar-refractivity contribution in [2.45, 2.75) is 25.8 Å². The van der Waals surface area contributed by atoms with Gasteiger partial charge in [-0.2, -0.15) is 0 Å². The third kappa shape index (κ3) is 4.15. The summed E-state index contributed by atoms with van der Waals surface area (Å²) in [5, 5.41) is 12.1. The van der Waals surface area contributed by atoms with E-state index in [-0.39, 0.29) is 34.4 Å². The molecule has 1 aromatic heterocycles. The van der Waals surface area contributed by atoms with Crippen LogP contribution in [0.25, 0.3) is 0 Å². The Kier molecular flexibility index (Phi) is 5.68. The first-order chi connectivity index (χ1) is 8.08. The van der Waals surface area contributed by atoms with E-state index in [0.717, 1.165) is 6.42 Å². The minimum absolute atomic E-state index is 0.0233. The molecule has 1 unspecified atom stereocenters. The summed E-state index contributed by atoms with van der Waals surface area (Å²) >= 11 is 11.6.